The average molecular weight is 462 g/mol. The smallest absolute Gasteiger partial charge is 0.333 e. The Morgan fingerprint density at radius 1 is 1.19 bits per heavy atom. The van der Waals surface area contributed by atoms with E-state index < -0.39 is 41.3 Å². The number of hydrogen-bond acceptors (Lipinski definition) is 10. The molecule has 1 aliphatic heterocycles. The number of ether oxygens (including phenoxy) is 1. The van der Waals surface area contributed by atoms with Gasteiger partial charge in [-0.25, -0.2) is 15.1 Å². The largest absolute Gasteiger partial charge is 0.458 e. The number of aliphatic hydroxyl groups excluding tert-OH is 2. The molecule has 1 fully saturated rings. The molecule has 1 saturated heterocycles. The van der Waals surface area contributed by atoms with E-state index in [9.17, 15) is 18.6 Å². The number of hydrogen-bond donors (Lipinski definition) is 4. The van der Waals surface area contributed by atoms with Gasteiger partial charge in [-0.1, -0.05) is 24.3 Å². The third kappa shape index (κ3) is 3.85. The van der Waals surface area contributed by atoms with Gasteiger partial charge in [0, 0.05) is 5.56 Å². The molecule has 2 aliphatic rings. The molecule has 3 aromatic rings. The fourth-order valence-electron chi connectivity index (χ4n) is 4.35. The Bertz CT molecular complexity index is 1250. The van der Waals surface area contributed by atoms with Crippen molar-refractivity contribution in [3.8, 4) is 0 Å². The molecular weight excluding hydrogens is 440 g/mol. The zero-order valence-corrected chi connectivity index (χ0v) is 17.6. The van der Waals surface area contributed by atoms with Crippen LogP contribution in [0.15, 0.2) is 41.3 Å². The van der Waals surface area contributed by atoms with Crippen molar-refractivity contribution >= 4 is 27.2 Å². The number of furan rings is 1. The van der Waals surface area contributed by atoms with E-state index in [0.29, 0.717) is 22.5 Å². The van der Waals surface area contributed by atoms with Crippen molar-refractivity contribution in [2.24, 2.45) is 5.14 Å². The lowest BCUT2D eigenvalue weighted by molar-refractivity contribution is -0.0155. The van der Waals surface area contributed by atoms with Crippen LogP contribution in [0.4, 0.5) is 5.82 Å². The first-order valence-electron chi connectivity index (χ1n) is 10.1. The molecule has 12 heteroatoms. The highest BCUT2D eigenvalue weighted by Gasteiger charge is 2.45. The summed E-state index contributed by atoms with van der Waals surface area (Å²) in [6, 6.07) is 8.29. The van der Waals surface area contributed by atoms with Crippen LogP contribution in [0.25, 0.3) is 11.1 Å². The summed E-state index contributed by atoms with van der Waals surface area (Å²) < 4.78 is 38.0. The molecule has 1 aliphatic carbocycles. The van der Waals surface area contributed by atoms with Crippen molar-refractivity contribution in [1.29, 1.82) is 0 Å². The molecule has 0 spiro atoms. The first kappa shape index (κ1) is 21.2. The predicted molar refractivity (Wildman–Crippen MR) is 112 cm³/mol. The van der Waals surface area contributed by atoms with E-state index in [1.807, 2.05) is 12.1 Å². The van der Waals surface area contributed by atoms with Gasteiger partial charge in [-0.15, -0.1) is 0 Å². The zero-order valence-electron chi connectivity index (χ0n) is 16.8. The van der Waals surface area contributed by atoms with E-state index in [1.165, 1.54) is 23.7 Å². The Morgan fingerprint density at radius 2 is 2.00 bits per heavy atom. The molecule has 170 valence electrons. The average Bonchev–Trinajstić information content (AvgIpc) is 3.44. The molecule has 0 unspecified atom stereocenters. The molecule has 0 amide bonds. The second kappa shape index (κ2) is 8.06. The highest BCUT2D eigenvalue weighted by molar-refractivity contribution is 7.84. The SMILES string of the molecule is NS(=O)(=O)OC[C@H]1O[C@@H](c2coc3c(N[C@H]4CCc5ccccc54)ncnc23)[C@H](O)[C@@H]1O. The lowest BCUT2D eigenvalue weighted by Crippen LogP contribution is -2.34. The van der Waals surface area contributed by atoms with E-state index in [-0.39, 0.29) is 6.04 Å². The van der Waals surface area contributed by atoms with Crippen molar-refractivity contribution in [3.05, 3.63) is 53.5 Å². The topological polar surface area (TPSA) is 170 Å². The second-order valence-electron chi connectivity index (χ2n) is 7.88. The van der Waals surface area contributed by atoms with Gasteiger partial charge in [0.15, 0.2) is 11.4 Å². The van der Waals surface area contributed by atoms with Crippen LogP contribution in [0, 0.1) is 0 Å². The first-order chi connectivity index (χ1) is 15.3. The fourth-order valence-corrected chi connectivity index (χ4v) is 4.68. The quantitative estimate of drug-likeness (QED) is 0.409. The molecule has 11 nitrogen and oxygen atoms in total. The number of nitrogens with zero attached hydrogens (tertiary/aromatic N) is 2. The monoisotopic (exact) mass is 462 g/mol. The molecule has 0 saturated carbocycles. The molecule has 2 aromatic heterocycles. The molecule has 32 heavy (non-hydrogen) atoms. The Balaban J connectivity index is 1.40. The number of fused-ring (bicyclic) bond motifs is 2. The first-order valence-corrected chi connectivity index (χ1v) is 11.5. The molecule has 5 atom stereocenters. The van der Waals surface area contributed by atoms with Crippen molar-refractivity contribution in [2.45, 2.75) is 43.3 Å². The lowest BCUT2D eigenvalue weighted by atomic mass is 10.0. The van der Waals surface area contributed by atoms with Crippen molar-refractivity contribution < 1.29 is 32.0 Å². The molecule has 5 N–H and O–H groups in total. The van der Waals surface area contributed by atoms with Gasteiger partial charge in [0.2, 0.25) is 0 Å². The van der Waals surface area contributed by atoms with Gasteiger partial charge in [-0.05, 0) is 24.0 Å². The molecule has 1 aromatic carbocycles. The maximum atomic E-state index is 11.0. The Kier molecular flexibility index (Phi) is 5.35. The number of aromatic nitrogens is 2. The number of anilines is 1. The van der Waals surface area contributed by atoms with Crippen LogP contribution in [0.3, 0.4) is 0 Å². The molecule has 5 rings (SSSR count). The highest BCUT2D eigenvalue weighted by Crippen LogP contribution is 2.40. The molecule has 0 radical (unpaired) electrons. The third-order valence-corrected chi connectivity index (χ3v) is 6.35. The molecule has 0 bridgehead atoms. The number of rotatable bonds is 6. The molecular formula is C20H22N4O7S. The van der Waals surface area contributed by atoms with Crippen LogP contribution in [0.5, 0.6) is 0 Å². The summed E-state index contributed by atoms with van der Waals surface area (Å²) in [7, 11) is -4.22. The third-order valence-electron chi connectivity index (χ3n) is 5.89. The number of aliphatic hydroxyl groups is 2. The van der Waals surface area contributed by atoms with E-state index in [4.69, 9.17) is 14.3 Å². The number of nitrogens with two attached hydrogens (primary N) is 1. The number of benzene rings is 1. The van der Waals surface area contributed by atoms with Crippen LogP contribution in [0.1, 0.15) is 35.3 Å². The van der Waals surface area contributed by atoms with Gasteiger partial charge in [-0.2, -0.15) is 8.42 Å². The minimum absolute atomic E-state index is 0.0766. The predicted octanol–water partition coefficient (Wildman–Crippen LogP) is 0.704. The number of nitrogens with one attached hydrogen (secondary N) is 1. The van der Waals surface area contributed by atoms with E-state index in [1.54, 1.807) is 0 Å². The maximum absolute atomic E-state index is 11.0. The summed E-state index contributed by atoms with van der Waals surface area (Å²) >= 11 is 0. The highest BCUT2D eigenvalue weighted by atomic mass is 32.2. The van der Waals surface area contributed by atoms with Gasteiger partial charge in [0.1, 0.15) is 36.3 Å². The van der Waals surface area contributed by atoms with Crippen LogP contribution < -0.4 is 10.5 Å². The van der Waals surface area contributed by atoms with Gasteiger partial charge >= 0.3 is 10.3 Å². The second-order valence-corrected chi connectivity index (χ2v) is 9.10. The van der Waals surface area contributed by atoms with E-state index in [0.717, 1.165) is 12.8 Å². The Hall–Kier alpha value is -2.61. The lowest BCUT2D eigenvalue weighted by Gasteiger charge is -2.15. The Labute approximate surface area is 183 Å². The summed E-state index contributed by atoms with van der Waals surface area (Å²) in [6.07, 6.45) is -0.198. The van der Waals surface area contributed by atoms with Crippen LogP contribution in [0.2, 0.25) is 0 Å². The zero-order chi connectivity index (χ0) is 22.5. The van der Waals surface area contributed by atoms with E-state index >= 15 is 0 Å². The Morgan fingerprint density at radius 3 is 2.81 bits per heavy atom. The summed E-state index contributed by atoms with van der Waals surface area (Å²) in [5.41, 5.74) is 3.71. The standard InChI is InChI=1S/C20H22N4O7S/c21-32(27,28)30-8-14-16(25)17(26)18(31-14)12-7-29-19-15(12)22-9-23-20(19)24-13-6-5-10-3-1-2-4-11(10)13/h1-4,7,9,13-14,16-18,25-26H,5-6,8H2,(H2,21,27,28)(H,22,23,24)/t13-,14+,16+,17+,18-/m0/s1. The van der Waals surface area contributed by atoms with Gasteiger partial charge in [0.25, 0.3) is 0 Å². The van der Waals surface area contributed by atoms with Crippen LogP contribution >= 0.6 is 0 Å². The minimum atomic E-state index is -4.22. The summed E-state index contributed by atoms with van der Waals surface area (Å²) in [4.78, 5) is 8.59. The molecule has 3 heterocycles. The van der Waals surface area contributed by atoms with Crippen molar-refractivity contribution in [2.75, 3.05) is 11.9 Å². The summed E-state index contributed by atoms with van der Waals surface area (Å²) in [5, 5.41) is 29.0. The summed E-state index contributed by atoms with van der Waals surface area (Å²) in [6.45, 7) is -0.535. The minimum Gasteiger partial charge on any atom is -0.458 e. The summed E-state index contributed by atoms with van der Waals surface area (Å²) in [5.74, 6) is 0.505. The van der Waals surface area contributed by atoms with Gasteiger partial charge in [0.05, 0.1) is 18.9 Å². The van der Waals surface area contributed by atoms with Gasteiger partial charge in [-0.3, -0.25) is 4.18 Å². The van der Waals surface area contributed by atoms with Crippen molar-refractivity contribution in [3.63, 3.8) is 0 Å². The van der Waals surface area contributed by atoms with Crippen LogP contribution in [-0.4, -0.2) is 53.5 Å². The van der Waals surface area contributed by atoms with Crippen molar-refractivity contribution in [1.82, 2.24) is 9.97 Å². The fraction of sp³-hybridized carbons (Fsp3) is 0.400. The van der Waals surface area contributed by atoms with Crippen LogP contribution in [-0.2, 0) is 25.6 Å². The van der Waals surface area contributed by atoms with Gasteiger partial charge < -0.3 is 24.7 Å². The number of aryl methyl sites for hydroxylation is 1. The normalized spacial score (nSPS) is 27.7. The van der Waals surface area contributed by atoms with E-state index in [2.05, 4.69) is 31.6 Å². The maximum Gasteiger partial charge on any atom is 0.333 e.